The second-order valence-corrected chi connectivity index (χ2v) is 6.64. The number of nitro benzene ring substituents is 1. The minimum absolute atomic E-state index is 0.0443. The third-order valence-electron chi connectivity index (χ3n) is 4.32. The van der Waals surface area contributed by atoms with E-state index in [9.17, 15) is 28.9 Å². The van der Waals surface area contributed by atoms with Gasteiger partial charge in [0.25, 0.3) is 5.69 Å². The van der Waals surface area contributed by atoms with Crippen molar-refractivity contribution in [2.75, 3.05) is 0 Å². The molecule has 2 atom stereocenters. The maximum atomic E-state index is 13.1. The molecule has 9 nitrogen and oxygen atoms in total. The first-order valence-electron chi connectivity index (χ1n) is 9.01. The monoisotopic (exact) mass is 416 g/mol. The van der Waals surface area contributed by atoms with Crippen LogP contribution in [-0.2, 0) is 27.2 Å². The fourth-order valence-corrected chi connectivity index (χ4v) is 2.89. The zero-order valence-electron chi connectivity index (χ0n) is 16.1. The van der Waals surface area contributed by atoms with E-state index in [0.717, 1.165) is 0 Å². The summed E-state index contributed by atoms with van der Waals surface area (Å²) in [4.78, 5) is 46.7. The third kappa shape index (κ3) is 6.36. The van der Waals surface area contributed by atoms with Crippen molar-refractivity contribution in [2.45, 2.75) is 31.8 Å². The lowest BCUT2D eigenvalue weighted by Gasteiger charge is -2.21. The Balaban J connectivity index is 2.19. The van der Waals surface area contributed by atoms with Gasteiger partial charge in [0, 0.05) is 31.4 Å². The highest BCUT2D eigenvalue weighted by Crippen LogP contribution is 2.19. The molecule has 3 amide bonds. The lowest BCUT2D eigenvalue weighted by molar-refractivity contribution is -0.385. The molecule has 2 rings (SSSR count). The van der Waals surface area contributed by atoms with Gasteiger partial charge in [0.2, 0.25) is 17.7 Å². The van der Waals surface area contributed by atoms with Gasteiger partial charge in [-0.3, -0.25) is 24.5 Å². The van der Waals surface area contributed by atoms with E-state index in [0.29, 0.717) is 5.56 Å². The molecular formula is C20H21FN4O5. The molecule has 0 aromatic heterocycles. The number of para-hydroxylation sites is 1. The molecule has 0 saturated carbocycles. The number of hydrogen-bond donors (Lipinski definition) is 3. The third-order valence-corrected chi connectivity index (χ3v) is 4.32. The average Bonchev–Trinajstić information content (AvgIpc) is 2.68. The van der Waals surface area contributed by atoms with Crippen molar-refractivity contribution in [1.82, 2.24) is 10.6 Å². The summed E-state index contributed by atoms with van der Waals surface area (Å²) in [6.45, 7) is 1.23. The summed E-state index contributed by atoms with van der Waals surface area (Å²) in [7, 11) is 0. The zero-order valence-corrected chi connectivity index (χ0v) is 16.1. The van der Waals surface area contributed by atoms with E-state index >= 15 is 0 Å². The smallest absolute Gasteiger partial charge is 0.272 e. The summed E-state index contributed by atoms with van der Waals surface area (Å²) < 4.78 is 13.1. The molecule has 2 aromatic carbocycles. The molecule has 0 spiro atoms. The molecule has 0 aliphatic heterocycles. The summed E-state index contributed by atoms with van der Waals surface area (Å²) in [5, 5.41) is 16.1. The van der Waals surface area contributed by atoms with E-state index in [2.05, 4.69) is 10.6 Å². The first-order chi connectivity index (χ1) is 14.2. The maximum absolute atomic E-state index is 13.1. The van der Waals surface area contributed by atoms with Gasteiger partial charge in [-0.05, 0) is 17.7 Å². The van der Waals surface area contributed by atoms with Crippen LogP contribution in [0.25, 0.3) is 0 Å². The van der Waals surface area contributed by atoms with Crippen molar-refractivity contribution >= 4 is 23.4 Å². The van der Waals surface area contributed by atoms with Gasteiger partial charge < -0.3 is 16.4 Å². The molecule has 0 fully saturated rings. The summed E-state index contributed by atoms with van der Waals surface area (Å²) in [5.41, 5.74) is 5.98. The van der Waals surface area contributed by atoms with Crippen LogP contribution in [0, 0.1) is 15.9 Å². The first-order valence-corrected chi connectivity index (χ1v) is 9.01. The lowest BCUT2D eigenvalue weighted by Crippen LogP contribution is -2.54. The zero-order chi connectivity index (χ0) is 22.3. The SMILES string of the molecule is CC(=O)N[C@@H](Cc1ccc(F)cc1)C(=O)N[C@@H](Cc1ccccc1[N+](=O)[O-])C(N)=O. The Morgan fingerprint density at radius 3 is 2.23 bits per heavy atom. The van der Waals surface area contributed by atoms with Crippen molar-refractivity contribution in [3.8, 4) is 0 Å². The summed E-state index contributed by atoms with van der Waals surface area (Å²) in [5.74, 6) is -2.51. The highest BCUT2D eigenvalue weighted by Gasteiger charge is 2.27. The van der Waals surface area contributed by atoms with Crippen LogP contribution in [0.4, 0.5) is 10.1 Å². The molecule has 0 unspecified atom stereocenters. The second kappa shape index (κ2) is 10.1. The highest BCUT2D eigenvalue weighted by molar-refractivity contribution is 5.91. The number of nitrogens with two attached hydrogens (primary N) is 1. The van der Waals surface area contributed by atoms with Crippen LogP contribution in [0.5, 0.6) is 0 Å². The van der Waals surface area contributed by atoms with Gasteiger partial charge in [0.05, 0.1) is 4.92 Å². The fourth-order valence-electron chi connectivity index (χ4n) is 2.89. The van der Waals surface area contributed by atoms with E-state index < -0.39 is 40.5 Å². The lowest BCUT2D eigenvalue weighted by atomic mass is 10.0. The number of halogens is 1. The van der Waals surface area contributed by atoms with Crippen LogP contribution in [0.1, 0.15) is 18.1 Å². The number of nitro groups is 1. The quantitative estimate of drug-likeness (QED) is 0.412. The van der Waals surface area contributed by atoms with Crippen LogP contribution in [-0.4, -0.2) is 34.7 Å². The number of nitrogens with zero attached hydrogens (tertiary/aromatic N) is 1. The van der Waals surface area contributed by atoms with Crippen molar-refractivity contribution in [1.29, 1.82) is 0 Å². The Morgan fingerprint density at radius 2 is 1.67 bits per heavy atom. The van der Waals surface area contributed by atoms with E-state index in [-0.39, 0.29) is 24.1 Å². The molecule has 0 aliphatic carbocycles. The number of carbonyl (C=O) groups excluding carboxylic acids is 3. The van der Waals surface area contributed by atoms with Crippen LogP contribution >= 0.6 is 0 Å². The van der Waals surface area contributed by atoms with Gasteiger partial charge >= 0.3 is 0 Å². The highest BCUT2D eigenvalue weighted by atomic mass is 19.1. The molecule has 30 heavy (non-hydrogen) atoms. The minimum Gasteiger partial charge on any atom is -0.368 e. The Bertz CT molecular complexity index is 948. The summed E-state index contributed by atoms with van der Waals surface area (Å²) >= 11 is 0. The number of benzene rings is 2. The Kier molecular flexibility index (Phi) is 7.56. The van der Waals surface area contributed by atoms with Gasteiger partial charge in [-0.1, -0.05) is 30.3 Å². The van der Waals surface area contributed by atoms with Crippen molar-refractivity contribution < 1.29 is 23.7 Å². The first kappa shape index (κ1) is 22.5. The molecule has 158 valence electrons. The van der Waals surface area contributed by atoms with Gasteiger partial charge in [-0.15, -0.1) is 0 Å². The Morgan fingerprint density at radius 1 is 1.03 bits per heavy atom. The number of primary amides is 1. The van der Waals surface area contributed by atoms with Crippen molar-refractivity contribution in [3.63, 3.8) is 0 Å². The molecular weight excluding hydrogens is 395 g/mol. The molecule has 0 heterocycles. The van der Waals surface area contributed by atoms with Crippen molar-refractivity contribution in [3.05, 3.63) is 75.6 Å². The average molecular weight is 416 g/mol. The van der Waals surface area contributed by atoms with E-state index in [1.165, 1.54) is 49.4 Å². The predicted molar refractivity (Wildman–Crippen MR) is 106 cm³/mol. The number of hydrogen-bond acceptors (Lipinski definition) is 5. The van der Waals surface area contributed by atoms with E-state index in [1.54, 1.807) is 6.07 Å². The summed E-state index contributed by atoms with van der Waals surface area (Å²) in [6.07, 6.45) is -0.149. The standard InChI is InChI=1S/C20H21FN4O5/c1-12(26)23-17(10-13-6-8-15(21)9-7-13)20(28)24-16(19(22)27)11-14-4-2-3-5-18(14)25(29)30/h2-9,16-17H,10-11H2,1H3,(H2,22,27)(H,23,26)(H,24,28)/t16-,17-/m0/s1. The van der Waals surface area contributed by atoms with E-state index in [1.807, 2.05) is 0 Å². The molecule has 0 aliphatic rings. The second-order valence-electron chi connectivity index (χ2n) is 6.64. The fraction of sp³-hybridized carbons (Fsp3) is 0.250. The van der Waals surface area contributed by atoms with Gasteiger partial charge in [0.15, 0.2) is 0 Å². The van der Waals surface area contributed by atoms with Crippen LogP contribution in [0.15, 0.2) is 48.5 Å². The molecule has 10 heteroatoms. The van der Waals surface area contributed by atoms with Crippen LogP contribution in [0.2, 0.25) is 0 Å². The molecule has 2 aromatic rings. The number of rotatable bonds is 9. The maximum Gasteiger partial charge on any atom is 0.272 e. The van der Waals surface area contributed by atoms with Gasteiger partial charge in [0.1, 0.15) is 17.9 Å². The van der Waals surface area contributed by atoms with Gasteiger partial charge in [-0.25, -0.2) is 4.39 Å². The molecule has 0 saturated heterocycles. The van der Waals surface area contributed by atoms with Crippen LogP contribution < -0.4 is 16.4 Å². The van der Waals surface area contributed by atoms with Gasteiger partial charge in [-0.2, -0.15) is 0 Å². The number of carbonyl (C=O) groups is 3. The van der Waals surface area contributed by atoms with E-state index in [4.69, 9.17) is 5.73 Å². The topological polar surface area (TPSA) is 144 Å². The number of nitrogens with one attached hydrogen (secondary N) is 2. The minimum atomic E-state index is -1.23. The Hall–Kier alpha value is -3.82. The Labute approximate surface area is 171 Å². The largest absolute Gasteiger partial charge is 0.368 e. The van der Waals surface area contributed by atoms with Crippen LogP contribution in [0.3, 0.4) is 0 Å². The molecule has 4 N–H and O–H groups in total. The van der Waals surface area contributed by atoms with Crippen molar-refractivity contribution in [2.24, 2.45) is 5.73 Å². The molecule has 0 radical (unpaired) electrons. The predicted octanol–water partition coefficient (Wildman–Crippen LogP) is 0.994. The number of amides is 3. The summed E-state index contributed by atoms with van der Waals surface area (Å²) in [6, 6.07) is 8.88. The normalized spacial score (nSPS) is 12.5. The molecule has 0 bridgehead atoms.